The Kier molecular flexibility index (Phi) is 17.4. The van der Waals surface area contributed by atoms with E-state index in [0.29, 0.717) is 0 Å². The van der Waals surface area contributed by atoms with Gasteiger partial charge in [-0.1, -0.05) is 72.8 Å². The molecule has 0 aliphatic rings. The fourth-order valence-corrected chi connectivity index (χ4v) is 42.7. The van der Waals surface area contributed by atoms with E-state index in [1.807, 2.05) is 0 Å². The predicted molar refractivity (Wildman–Crippen MR) is 488 cm³/mol. The minimum absolute atomic E-state index is 1.16. The van der Waals surface area contributed by atoms with Crippen molar-refractivity contribution in [2.45, 2.75) is 0 Å². The van der Waals surface area contributed by atoms with Crippen LogP contribution in [0.5, 0.6) is 0 Å². The molecule has 0 aliphatic heterocycles. The number of hydrogen-bond donors (Lipinski definition) is 0. The zero-order chi connectivity index (χ0) is 75.5. The Bertz CT molecular complexity index is 6610. The average Bonchev–Trinajstić information content (AvgIpc) is 1.64. The molecule has 0 N–H and O–H groups in total. The van der Waals surface area contributed by atoms with Crippen molar-refractivity contribution < 1.29 is 0 Å². The van der Waals surface area contributed by atoms with Crippen LogP contribution >= 0.6 is 0 Å². The predicted octanol–water partition coefficient (Wildman–Crippen LogP) is 21.9. The molecule has 0 spiro atoms. The van der Waals surface area contributed by atoms with Crippen LogP contribution in [-0.4, -0.2) is 49.9 Å². The normalized spacial score (nSPS) is 11.9. The summed E-state index contributed by atoms with van der Waals surface area (Å²) in [6.07, 6.45) is 0. The van der Waals surface area contributed by atoms with Crippen molar-refractivity contribution in [1.82, 2.24) is 18.3 Å². The molecular formula is C108H76GeN4Sn. The average molecular weight is 1620 g/mol. The number of benzene rings is 18. The number of rotatable bonds is 14. The van der Waals surface area contributed by atoms with E-state index < -0.39 is 31.6 Å². The zero-order valence-electron chi connectivity index (χ0n) is 62.7. The van der Waals surface area contributed by atoms with E-state index in [4.69, 9.17) is 0 Å². The molecule has 0 atom stereocenters. The summed E-state index contributed by atoms with van der Waals surface area (Å²) < 4.78 is 21.2. The van der Waals surface area contributed by atoms with Crippen molar-refractivity contribution in [3.05, 3.63) is 461 Å². The molecule has 0 amide bonds. The summed E-state index contributed by atoms with van der Waals surface area (Å²) in [4.78, 5) is 0. The third-order valence-electron chi connectivity index (χ3n) is 23.7. The molecule has 18 aromatic carbocycles. The molecule has 0 saturated heterocycles. The molecule has 0 saturated carbocycles. The Labute approximate surface area is 669 Å². The molecule has 0 unspecified atom stereocenters. The molecule has 4 aromatic heterocycles. The van der Waals surface area contributed by atoms with E-state index in [0.717, 1.165) is 11.4 Å². The maximum absolute atomic E-state index is 3.83. The molecular weight excluding hydrogens is 1540 g/mol. The molecule has 4 heterocycles. The maximum atomic E-state index is 2.51. The number of hydrogen-bond acceptors (Lipinski definition) is 0. The summed E-state index contributed by atoms with van der Waals surface area (Å²) in [7, 11) is 0. The number of aromatic nitrogens is 4. The first-order valence-corrected chi connectivity index (χ1v) is 49.3. The summed E-state index contributed by atoms with van der Waals surface area (Å²) in [5, 5.41) is 10.0. The molecule has 0 fully saturated rings. The monoisotopic (exact) mass is 1620 g/mol. The quantitative estimate of drug-likeness (QED) is 0.0967. The van der Waals surface area contributed by atoms with Crippen LogP contribution in [-0.2, 0) is 0 Å². The van der Waals surface area contributed by atoms with Crippen molar-refractivity contribution in [1.29, 1.82) is 0 Å². The fourth-order valence-electron chi connectivity index (χ4n) is 18.9. The van der Waals surface area contributed by atoms with Crippen LogP contribution in [0.3, 0.4) is 0 Å². The van der Waals surface area contributed by atoms with E-state index in [1.165, 1.54) is 153 Å². The van der Waals surface area contributed by atoms with Crippen LogP contribution in [0.25, 0.3) is 132 Å². The van der Waals surface area contributed by atoms with Crippen LogP contribution in [0.2, 0.25) is 0 Å². The van der Waals surface area contributed by atoms with Gasteiger partial charge in [0, 0.05) is 21.5 Å². The van der Waals surface area contributed by atoms with Gasteiger partial charge in [0.2, 0.25) is 0 Å². The van der Waals surface area contributed by atoms with E-state index in [1.54, 1.807) is 0 Å². The van der Waals surface area contributed by atoms with Crippen molar-refractivity contribution in [3.63, 3.8) is 0 Å². The molecule has 4 nitrogen and oxygen atoms in total. The van der Waals surface area contributed by atoms with Gasteiger partial charge in [0.15, 0.2) is 0 Å². The van der Waals surface area contributed by atoms with Gasteiger partial charge in [0.25, 0.3) is 0 Å². The van der Waals surface area contributed by atoms with E-state index >= 15 is 0 Å². The van der Waals surface area contributed by atoms with Crippen LogP contribution < -0.4 is 31.9 Å². The van der Waals surface area contributed by atoms with Gasteiger partial charge in [-0.3, -0.25) is 0 Å². The standard InChI is InChI=1S/C54H38GeN2.C36H23N2.3C6H5.Sn/c1-4-20-40(21-5-1)55(41-22-6-2-7-23-41,42-24-8-3-9-25-42)43-26-18-19-39(37-43)45-27-10-14-31-50(45)57-53-34-17-13-30-48(53)49-38-44(35-36-54(49)57)56-51-32-15-11-28-46(51)47-29-12-16-33-52(47)56;1-2-12-25(13-3-1)27-14-4-8-18-32(27)38-35-21-11-7-17-30(35)31-24-26(22-23-36(31)38)37-33-19-9-5-15-28(33)29-16-6-10-20-34(29)37;3*1-2-4-6-5-3-1;/h1-38H;1-2,4-24H;3*1-5H;. The zero-order valence-corrected chi connectivity index (χ0v) is 67.6. The van der Waals surface area contributed by atoms with Crippen LogP contribution in [0, 0.1) is 0 Å². The fraction of sp³-hybridized carbons (Fsp3) is 0. The first-order valence-electron chi connectivity index (χ1n) is 39.4. The van der Waals surface area contributed by atoms with Crippen LogP contribution in [0.4, 0.5) is 0 Å². The van der Waals surface area contributed by atoms with Crippen LogP contribution in [0.15, 0.2) is 461 Å². The molecule has 0 bridgehead atoms. The second-order valence-corrected chi connectivity index (χ2v) is 48.6. The first-order chi connectivity index (χ1) is 56.6. The van der Waals surface area contributed by atoms with Gasteiger partial charge < -0.3 is 0 Å². The van der Waals surface area contributed by atoms with Crippen LogP contribution in [0.1, 0.15) is 0 Å². The summed E-state index contributed by atoms with van der Waals surface area (Å²) in [5.74, 6) is 0. The van der Waals surface area contributed by atoms with Gasteiger partial charge in [-0.2, -0.15) is 0 Å². The number of para-hydroxylation sites is 8. The molecule has 0 radical (unpaired) electrons. The van der Waals surface area contributed by atoms with Gasteiger partial charge in [-0.05, 0) is 24.3 Å². The van der Waals surface area contributed by atoms with Crippen molar-refractivity contribution >= 4 is 151 Å². The minimum atomic E-state index is -3.83. The Hall–Kier alpha value is -13.5. The topological polar surface area (TPSA) is 19.7 Å². The first kappa shape index (κ1) is 68.5. The van der Waals surface area contributed by atoms with Crippen molar-refractivity contribution in [2.24, 2.45) is 0 Å². The number of fused-ring (bicyclic) bond motifs is 12. The van der Waals surface area contributed by atoms with E-state index in [-0.39, 0.29) is 0 Å². The van der Waals surface area contributed by atoms with Crippen molar-refractivity contribution in [2.75, 3.05) is 0 Å². The number of nitrogens with zero attached hydrogens (tertiary/aromatic N) is 4. The van der Waals surface area contributed by atoms with Gasteiger partial charge in [-0.25, -0.2) is 0 Å². The van der Waals surface area contributed by atoms with Gasteiger partial charge in [-0.15, -0.1) is 0 Å². The third-order valence-corrected chi connectivity index (χ3v) is 47.4. The summed E-state index contributed by atoms with van der Waals surface area (Å²) in [6.45, 7) is 0. The Morgan fingerprint density at radius 3 is 0.798 bits per heavy atom. The Balaban J connectivity index is 0.000000143. The molecule has 0 aliphatic carbocycles. The summed E-state index contributed by atoms with van der Waals surface area (Å²) in [6, 6.07) is 171. The Morgan fingerprint density at radius 2 is 0.430 bits per heavy atom. The molecule has 22 rings (SSSR count). The second-order valence-electron chi connectivity index (χ2n) is 29.7. The van der Waals surface area contributed by atoms with Gasteiger partial charge in [0.05, 0.1) is 0 Å². The SMILES string of the molecule is c1cc[c]([Ge]([c]2ccccc2)([c]2ccccc2)[c]2cccc(-c3ccccc3-n3c4ccccc4c4cc(-n5c6ccccc6c6ccccc65)ccc43)c2)cc1.c1cc[c]([Sn]([c]2ccccc2)([c]2ccccc2)[c]2cccc(-c3ccccc3-n3c4ccccc4c4cc(-n5c6ccccc6c6ccccc65)ccc43)c2)cc1. The molecule has 22 aromatic rings. The molecule has 536 valence electrons. The summed E-state index contributed by atoms with van der Waals surface area (Å²) >= 11 is -7.31. The molecule has 6 heteroatoms. The summed E-state index contributed by atoms with van der Waals surface area (Å²) in [5.41, 5.74) is 19.2. The Morgan fingerprint density at radius 1 is 0.167 bits per heavy atom. The molecule has 114 heavy (non-hydrogen) atoms. The van der Waals surface area contributed by atoms with Gasteiger partial charge >= 0.3 is 556 Å². The van der Waals surface area contributed by atoms with Gasteiger partial charge in [0.1, 0.15) is 0 Å². The van der Waals surface area contributed by atoms with E-state index in [9.17, 15) is 0 Å². The van der Waals surface area contributed by atoms with E-state index in [2.05, 4.69) is 479 Å². The third kappa shape index (κ3) is 11.3. The van der Waals surface area contributed by atoms with Crippen molar-refractivity contribution in [3.8, 4) is 45.0 Å². The second kappa shape index (κ2) is 29.0.